The number of nitrogens with zero attached hydrogens (tertiary/aromatic N) is 3. The summed E-state index contributed by atoms with van der Waals surface area (Å²) in [5.74, 6) is 0.607. The standard InChI is InChI=1S/C25H21N3O5S/c1-4-12-32-18-11-10-15(13-19(18)31-5-2)21-20-22(29)16-8-6-7-9-17(16)33-23(20)24(30)28(21)25-27-26-14(3)34-25/h4,6-11,13,21H,1,5,12H2,2-3H3/t21-/m0/s1. The van der Waals surface area contributed by atoms with Crippen molar-refractivity contribution in [3.8, 4) is 11.5 Å². The van der Waals surface area contributed by atoms with Crippen molar-refractivity contribution < 1.29 is 18.7 Å². The molecule has 2 aromatic carbocycles. The first-order valence-electron chi connectivity index (χ1n) is 10.7. The average molecular weight is 476 g/mol. The summed E-state index contributed by atoms with van der Waals surface area (Å²) in [6, 6.07) is 11.5. The van der Waals surface area contributed by atoms with Gasteiger partial charge >= 0.3 is 0 Å². The smallest absolute Gasteiger partial charge is 0.297 e. The lowest BCUT2D eigenvalue weighted by Crippen LogP contribution is -2.29. The number of hydrogen-bond acceptors (Lipinski definition) is 8. The van der Waals surface area contributed by atoms with E-state index in [0.717, 1.165) is 0 Å². The molecule has 34 heavy (non-hydrogen) atoms. The molecule has 0 spiro atoms. The number of ether oxygens (including phenoxy) is 2. The maximum atomic E-state index is 13.6. The van der Waals surface area contributed by atoms with Crippen LogP contribution in [0.15, 0.2) is 64.3 Å². The molecule has 0 saturated carbocycles. The zero-order valence-corrected chi connectivity index (χ0v) is 19.4. The quantitative estimate of drug-likeness (QED) is 0.359. The van der Waals surface area contributed by atoms with Crippen molar-refractivity contribution in [3.63, 3.8) is 0 Å². The Hall–Kier alpha value is -3.98. The fraction of sp³-hybridized carbons (Fsp3) is 0.200. The lowest BCUT2D eigenvalue weighted by Gasteiger charge is -2.23. The largest absolute Gasteiger partial charge is 0.490 e. The Morgan fingerprint density at radius 2 is 1.97 bits per heavy atom. The molecule has 5 rings (SSSR count). The maximum Gasteiger partial charge on any atom is 0.297 e. The van der Waals surface area contributed by atoms with Crippen molar-refractivity contribution in [3.05, 3.63) is 87.2 Å². The molecule has 0 radical (unpaired) electrons. The van der Waals surface area contributed by atoms with E-state index in [9.17, 15) is 9.59 Å². The highest BCUT2D eigenvalue weighted by atomic mass is 32.1. The SMILES string of the molecule is C=CCOc1ccc([C@H]2c3c(oc4ccccc4c3=O)C(=O)N2c2nnc(C)s2)cc1OCC. The zero-order valence-electron chi connectivity index (χ0n) is 18.6. The Morgan fingerprint density at radius 1 is 1.15 bits per heavy atom. The summed E-state index contributed by atoms with van der Waals surface area (Å²) in [6.07, 6.45) is 1.64. The summed E-state index contributed by atoms with van der Waals surface area (Å²) in [7, 11) is 0. The van der Waals surface area contributed by atoms with Gasteiger partial charge in [0.15, 0.2) is 16.9 Å². The second-order valence-electron chi connectivity index (χ2n) is 7.59. The molecule has 1 aliphatic rings. The predicted octanol–water partition coefficient (Wildman–Crippen LogP) is 4.67. The molecule has 3 heterocycles. The second kappa shape index (κ2) is 8.75. The van der Waals surface area contributed by atoms with E-state index in [2.05, 4.69) is 16.8 Å². The number of aromatic nitrogens is 2. The predicted molar refractivity (Wildman–Crippen MR) is 129 cm³/mol. The summed E-state index contributed by atoms with van der Waals surface area (Å²) >= 11 is 1.27. The molecule has 1 amide bonds. The molecule has 0 unspecified atom stereocenters. The van der Waals surface area contributed by atoms with Gasteiger partial charge in [-0.2, -0.15) is 0 Å². The van der Waals surface area contributed by atoms with Gasteiger partial charge in [0.1, 0.15) is 17.2 Å². The number of para-hydroxylation sites is 1. The highest BCUT2D eigenvalue weighted by Crippen LogP contribution is 2.44. The van der Waals surface area contributed by atoms with Crippen LogP contribution < -0.4 is 19.8 Å². The molecule has 1 aliphatic heterocycles. The monoisotopic (exact) mass is 475 g/mol. The van der Waals surface area contributed by atoms with Gasteiger partial charge in [0.05, 0.1) is 23.6 Å². The van der Waals surface area contributed by atoms with E-state index in [1.165, 1.54) is 16.2 Å². The zero-order chi connectivity index (χ0) is 23.8. The molecule has 0 fully saturated rings. The average Bonchev–Trinajstić information content (AvgIpc) is 3.39. The van der Waals surface area contributed by atoms with Crippen LogP contribution in [0.5, 0.6) is 11.5 Å². The van der Waals surface area contributed by atoms with Crippen molar-refractivity contribution in [2.24, 2.45) is 0 Å². The third kappa shape index (κ3) is 3.54. The van der Waals surface area contributed by atoms with Gasteiger partial charge in [-0.3, -0.25) is 14.5 Å². The van der Waals surface area contributed by atoms with E-state index in [-0.39, 0.29) is 16.8 Å². The highest BCUT2D eigenvalue weighted by molar-refractivity contribution is 7.15. The van der Waals surface area contributed by atoms with Crippen molar-refractivity contribution >= 4 is 33.3 Å². The van der Waals surface area contributed by atoms with E-state index in [4.69, 9.17) is 13.9 Å². The first-order valence-corrected chi connectivity index (χ1v) is 11.5. The van der Waals surface area contributed by atoms with Crippen LogP contribution in [0.3, 0.4) is 0 Å². The lowest BCUT2D eigenvalue weighted by molar-refractivity contribution is 0.0970. The number of rotatable bonds is 7. The normalized spacial score (nSPS) is 14.9. The molecule has 0 bridgehead atoms. The number of benzene rings is 2. The number of amides is 1. The summed E-state index contributed by atoms with van der Waals surface area (Å²) in [6.45, 7) is 8.09. The molecule has 0 aliphatic carbocycles. The van der Waals surface area contributed by atoms with Crippen LogP contribution in [0.4, 0.5) is 5.13 Å². The Balaban J connectivity index is 1.74. The topological polar surface area (TPSA) is 94.8 Å². The van der Waals surface area contributed by atoms with Crippen LogP contribution in [0.1, 0.15) is 39.7 Å². The number of aryl methyl sites for hydroxylation is 1. The molecule has 9 heteroatoms. The van der Waals surface area contributed by atoms with Crippen LogP contribution in [0, 0.1) is 6.92 Å². The van der Waals surface area contributed by atoms with Gasteiger partial charge in [-0.05, 0) is 43.7 Å². The van der Waals surface area contributed by atoms with Crippen LogP contribution in [-0.2, 0) is 0 Å². The molecule has 172 valence electrons. The molecular formula is C25H21N3O5S. The number of fused-ring (bicyclic) bond motifs is 2. The summed E-state index contributed by atoms with van der Waals surface area (Å²) < 4.78 is 17.5. The van der Waals surface area contributed by atoms with Gasteiger partial charge in [-0.25, -0.2) is 0 Å². The number of anilines is 1. The number of carbonyl (C=O) groups excluding carboxylic acids is 1. The summed E-state index contributed by atoms with van der Waals surface area (Å²) in [5, 5.41) is 9.75. The fourth-order valence-electron chi connectivity index (χ4n) is 4.05. The minimum atomic E-state index is -0.761. The Morgan fingerprint density at radius 3 is 2.71 bits per heavy atom. The molecule has 4 aromatic rings. The molecule has 8 nitrogen and oxygen atoms in total. The molecule has 0 N–H and O–H groups in total. The van der Waals surface area contributed by atoms with Gasteiger partial charge in [0.25, 0.3) is 5.91 Å². The van der Waals surface area contributed by atoms with Crippen molar-refractivity contribution in [1.29, 1.82) is 0 Å². The van der Waals surface area contributed by atoms with E-state index in [1.54, 1.807) is 49.4 Å². The first kappa shape index (κ1) is 21.8. The fourth-order valence-corrected chi connectivity index (χ4v) is 4.76. The Labute approximate surface area is 199 Å². The van der Waals surface area contributed by atoms with Gasteiger partial charge in [0, 0.05) is 0 Å². The molecule has 0 saturated heterocycles. The van der Waals surface area contributed by atoms with E-state index in [0.29, 0.717) is 51.4 Å². The Bertz CT molecular complexity index is 1480. The third-order valence-electron chi connectivity index (χ3n) is 5.44. The van der Waals surface area contributed by atoms with Gasteiger partial charge in [-0.1, -0.05) is 42.2 Å². The van der Waals surface area contributed by atoms with Gasteiger partial charge < -0.3 is 13.9 Å². The lowest BCUT2D eigenvalue weighted by atomic mass is 9.98. The van der Waals surface area contributed by atoms with Crippen LogP contribution in [0.25, 0.3) is 11.0 Å². The summed E-state index contributed by atoms with van der Waals surface area (Å²) in [5.41, 5.74) is 1.02. The first-order chi connectivity index (χ1) is 16.5. The van der Waals surface area contributed by atoms with Crippen molar-refractivity contribution in [1.82, 2.24) is 10.2 Å². The minimum Gasteiger partial charge on any atom is -0.490 e. The van der Waals surface area contributed by atoms with Crippen LogP contribution in [-0.4, -0.2) is 29.3 Å². The molecule has 2 aromatic heterocycles. The van der Waals surface area contributed by atoms with E-state index in [1.807, 2.05) is 13.0 Å². The highest BCUT2D eigenvalue weighted by Gasteiger charge is 2.45. The third-order valence-corrected chi connectivity index (χ3v) is 6.28. The number of hydrogen-bond donors (Lipinski definition) is 0. The maximum absolute atomic E-state index is 13.6. The Kier molecular flexibility index (Phi) is 5.62. The van der Waals surface area contributed by atoms with E-state index >= 15 is 0 Å². The minimum absolute atomic E-state index is 0.00602. The molecule has 1 atom stereocenters. The summed E-state index contributed by atoms with van der Waals surface area (Å²) in [4.78, 5) is 28.6. The second-order valence-corrected chi connectivity index (χ2v) is 8.75. The van der Waals surface area contributed by atoms with Gasteiger partial charge in [-0.15, -0.1) is 10.2 Å². The van der Waals surface area contributed by atoms with Crippen LogP contribution >= 0.6 is 11.3 Å². The number of carbonyl (C=O) groups is 1. The van der Waals surface area contributed by atoms with Crippen molar-refractivity contribution in [2.45, 2.75) is 19.9 Å². The van der Waals surface area contributed by atoms with Crippen molar-refractivity contribution in [2.75, 3.05) is 18.1 Å². The molecular weight excluding hydrogens is 454 g/mol. The van der Waals surface area contributed by atoms with Crippen LogP contribution in [0.2, 0.25) is 0 Å². The van der Waals surface area contributed by atoms with E-state index < -0.39 is 11.9 Å². The van der Waals surface area contributed by atoms with Gasteiger partial charge in [0.2, 0.25) is 10.9 Å².